The normalized spacial score (nSPS) is 24.2. The first-order valence-electron chi connectivity index (χ1n) is 14.4. The van der Waals surface area contributed by atoms with Gasteiger partial charge in [-0.3, -0.25) is 19.3 Å². The number of hydrogen-bond donors (Lipinski definition) is 2. The molecule has 10 heteroatoms. The Kier molecular flexibility index (Phi) is 10.0. The molecule has 2 aromatic carbocycles. The highest BCUT2D eigenvalue weighted by molar-refractivity contribution is 6.71. The number of benzene rings is 2. The molecule has 2 heterocycles. The van der Waals surface area contributed by atoms with Gasteiger partial charge in [0.1, 0.15) is 0 Å². The number of carbonyl (C=O) groups excluding carboxylic acids is 3. The molecule has 2 aromatic rings. The van der Waals surface area contributed by atoms with Crippen LogP contribution in [0.2, 0.25) is 18.6 Å². The zero-order valence-corrected chi connectivity index (χ0v) is 25.4. The van der Waals surface area contributed by atoms with Gasteiger partial charge in [-0.1, -0.05) is 49.4 Å². The molecule has 0 bridgehead atoms. The fraction of sp³-hybridized carbons (Fsp3) is 0.516. The molecular formula is C31H42N2O7Si. The second kappa shape index (κ2) is 13.3. The van der Waals surface area contributed by atoms with Crippen LogP contribution in [-0.4, -0.2) is 72.5 Å². The van der Waals surface area contributed by atoms with E-state index in [0.29, 0.717) is 25.1 Å². The summed E-state index contributed by atoms with van der Waals surface area (Å²) in [5.41, 5.74) is 2.59. The van der Waals surface area contributed by atoms with Crippen LogP contribution < -0.4 is 4.90 Å². The van der Waals surface area contributed by atoms with Crippen molar-refractivity contribution in [2.45, 2.75) is 83.1 Å². The maximum Gasteiger partial charge on any atom is 0.304 e. The summed E-state index contributed by atoms with van der Waals surface area (Å²) < 4.78 is 11.8. The van der Waals surface area contributed by atoms with Gasteiger partial charge in [0, 0.05) is 31.2 Å². The average Bonchev–Trinajstić information content (AvgIpc) is 3.22. The van der Waals surface area contributed by atoms with E-state index >= 15 is 0 Å². The maximum atomic E-state index is 13.4. The summed E-state index contributed by atoms with van der Waals surface area (Å²) in [6.07, 6.45) is 0.605. The van der Waals surface area contributed by atoms with Gasteiger partial charge in [0.15, 0.2) is 14.5 Å². The van der Waals surface area contributed by atoms with Gasteiger partial charge in [-0.2, -0.15) is 0 Å². The first-order valence-corrected chi connectivity index (χ1v) is 17.4. The number of β-lactam (4-membered cyclic amide) rings is 1. The zero-order valence-electron chi connectivity index (χ0n) is 24.4. The molecule has 0 spiro atoms. The highest BCUT2D eigenvalue weighted by Gasteiger charge is 2.50. The van der Waals surface area contributed by atoms with Crippen LogP contribution in [0, 0.1) is 5.92 Å². The molecule has 41 heavy (non-hydrogen) atoms. The quantitative estimate of drug-likeness (QED) is 0.223. The highest BCUT2D eigenvalue weighted by atomic mass is 28.4. The second-order valence-corrected chi connectivity index (χ2v) is 15.7. The number of hydrogen-bond acceptors (Lipinski definition) is 7. The highest BCUT2D eigenvalue weighted by Crippen LogP contribution is 2.45. The molecule has 0 radical (unpaired) electrons. The van der Waals surface area contributed by atoms with E-state index < -0.39 is 26.6 Å². The predicted octanol–water partition coefficient (Wildman–Crippen LogP) is 3.63. The van der Waals surface area contributed by atoms with Gasteiger partial charge >= 0.3 is 5.97 Å². The number of ether oxygens (including phenoxy) is 2. The van der Waals surface area contributed by atoms with Crippen molar-refractivity contribution in [1.29, 1.82) is 0 Å². The lowest BCUT2D eigenvalue weighted by Crippen LogP contribution is -2.54. The van der Waals surface area contributed by atoms with E-state index in [9.17, 15) is 24.3 Å². The van der Waals surface area contributed by atoms with Crippen LogP contribution in [0.25, 0.3) is 0 Å². The van der Waals surface area contributed by atoms with Crippen molar-refractivity contribution in [3.63, 3.8) is 0 Å². The lowest BCUT2D eigenvalue weighted by molar-refractivity contribution is -0.154. The van der Waals surface area contributed by atoms with Gasteiger partial charge < -0.3 is 24.3 Å². The third-order valence-corrected chi connectivity index (χ3v) is 10.7. The topological polar surface area (TPSA) is 117 Å². The third kappa shape index (κ3) is 7.62. The first-order chi connectivity index (χ1) is 19.5. The second-order valence-electron chi connectivity index (χ2n) is 11.7. The van der Waals surface area contributed by atoms with E-state index in [2.05, 4.69) is 6.92 Å². The number of aryl methyl sites for hydroxylation is 1. The molecule has 0 aliphatic carbocycles. The number of anilines is 1. The molecule has 0 aromatic heterocycles. The van der Waals surface area contributed by atoms with Crippen molar-refractivity contribution >= 4 is 31.8 Å². The molecule has 2 amide bonds. The Morgan fingerprint density at radius 3 is 2.44 bits per heavy atom. The smallest absolute Gasteiger partial charge is 0.304 e. The molecule has 1 unspecified atom stereocenters. The first kappa shape index (κ1) is 30.9. The number of nitrogens with zero attached hydrogens (tertiary/aromatic N) is 2. The molecule has 2 fully saturated rings. The number of rotatable bonds is 12. The molecule has 0 saturated carbocycles. The standard InChI is InChI=1S/C31H42N2O7Si/c1-21-26(14-13-23-11-8-12-25(17-23)33-29(37)19-30(33)39-22(2)35)40-27(31(21)41(3,4)38)18-28(36)32(15-16-34)20-24-9-6-5-7-10-24/h5-12,17,21,26-27,30-31,34,38H,13-16,18-20H2,1-4H3/t21-,26+,27-,30?,31+/m1/s1. The Bertz CT molecular complexity index is 1220. The van der Waals surface area contributed by atoms with Crippen LogP contribution in [0.1, 0.15) is 44.2 Å². The van der Waals surface area contributed by atoms with Crippen molar-refractivity contribution in [3.05, 3.63) is 65.7 Å². The van der Waals surface area contributed by atoms with Gasteiger partial charge in [-0.05, 0) is 55.1 Å². The Labute approximate surface area is 243 Å². The van der Waals surface area contributed by atoms with Gasteiger partial charge in [0.25, 0.3) is 0 Å². The molecule has 4 rings (SSSR count). The average molecular weight is 583 g/mol. The Hall–Kier alpha value is -3.05. The van der Waals surface area contributed by atoms with Crippen LogP contribution in [-0.2, 0) is 36.8 Å². The largest absolute Gasteiger partial charge is 0.441 e. The summed E-state index contributed by atoms with van der Waals surface area (Å²) in [4.78, 5) is 51.4. The van der Waals surface area contributed by atoms with Crippen molar-refractivity contribution in [3.8, 4) is 0 Å². The number of amides is 2. The Balaban J connectivity index is 1.42. The summed E-state index contributed by atoms with van der Waals surface area (Å²) in [5.74, 6) is -0.547. The number of aliphatic hydroxyl groups is 1. The van der Waals surface area contributed by atoms with E-state index in [0.717, 1.165) is 11.1 Å². The molecule has 5 atom stereocenters. The van der Waals surface area contributed by atoms with Crippen LogP contribution in [0.5, 0.6) is 0 Å². The number of carbonyl (C=O) groups is 3. The number of esters is 1. The monoisotopic (exact) mass is 582 g/mol. The van der Waals surface area contributed by atoms with E-state index in [4.69, 9.17) is 9.47 Å². The van der Waals surface area contributed by atoms with Gasteiger partial charge in [0.2, 0.25) is 11.8 Å². The summed E-state index contributed by atoms with van der Waals surface area (Å²) in [7, 11) is -2.68. The van der Waals surface area contributed by atoms with Crippen molar-refractivity contribution < 1.29 is 33.8 Å². The lowest BCUT2D eigenvalue weighted by atomic mass is 9.94. The summed E-state index contributed by atoms with van der Waals surface area (Å²) in [5, 5.41) is 9.61. The minimum atomic E-state index is -2.68. The molecule has 222 valence electrons. The van der Waals surface area contributed by atoms with E-state index in [1.54, 1.807) is 4.90 Å². The minimum absolute atomic E-state index is 0.0633. The summed E-state index contributed by atoms with van der Waals surface area (Å²) >= 11 is 0. The number of aliphatic hydroxyl groups excluding tert-OH is 1. The fourth-order valence-electron chi connectivity index (χ4n) is 6.28. The summed E-state index contributed by atoms with van der Waals surface area (Å²) in [6.45, 7) is 7.75. The van der Waals surface area contributed by atoms with Crippen LogP contribution in [0.4, 0.5) is 5.69 Å². The van der Waals surface area contributed by atoms with Gasteiger partial charge in [-0.15, -0.1) is 0 Å². The van der Waals surface area contributed by atoms with E-state index in [-0.39, 0.29) is 55.4 Å². The third-order valence-electron chi connectivity index (χ3n) is 8.15. The summed E-state index contributed by atoms with van der Waals surface area (Å²) in [6, 6.07) is 17.3. The molecular weight excluding hydrogens is 540 g/mol. The van der Waals surface area contributed by atoms with Crippen molar-refractivity contribution in [1.82, 2.24) is 4.90 Å². The van der Waals surface area contributed by atoms with E-state index in [1.165, 1.54) is 11.8 Å². The zero-order chi connectivity index (χ0) is 29.7. The van der Waals surface area contributed by atoms with Crippen LogP contribution in [0.3, 0.4) is 0 Å². The minimum Gasteiger partial charge on any atom is -0.441 e. The van der Waals surface area contributed by atoms with Gasteiger partial charge in [-0.25, -0.2) is 0 Å². The maximum absolute atomic E-state index is 13.4. The molecule has 9 nitrogen and oxygen atoms in total. The van der Waals surface area contributed by atoms with Crippen LogP contribution >= 0.6 is 0 Å². The van der Waals surface area contributed by atoms with Gasteiger partial charge in [0.05, 0.1) is 31.7 Å². The molecule has 2 aliphatic heterocycles. The SMILES string of the molecule is CC(=O)OC1CC(=O)N1c1cccc(CC[C@@H]2O[C@H](CC(=O)N(CCO)Cc3ccccc3)[C@@H]([Si](C)(C)O)[C@@H]2C)c1. The van der Waals surface area contributed by atoms with Crippen LogP contribution in [0.15, 0.2) is 54.6 Å². The van der Waals surface area contributed by atoms with Crippen molar-refractivity contribution in [2.24, 2.45) is 5.92 Å². The van der Waals surface area contributed by atoms with Crippen molar-refractivity contribution in [2.75, 3.05) is 18.1 Å². The molecule has 2 aliphatic rings. The Morgan fingerprint density at radius 2 is 1.80 bits per heavy atom. The fourth-order valence-corrected chi connectivity index (χ4v) is 8.89. The molecule has 2 N–H and O–H groups in total. The molecule has 2 saturated heterocycles. The van der Waals surface area contributed by atoms with E-state index in [1.807, 2.05) is 67.7 Å². The predicted molar refractivity (Wildman–Crippen MR) is 157 cm³/mol. The Morgan fingerprint density at radius 1 is 1.10 bits per heavy atom. The lowest BCUT2D eigenvalue weighted by Gasteiger charge is -2.39.